The van der Waals surface area contributed by atoms with Gasteiger partial charge in [0.2, 0.25) is 0 Å². The molecular weight excluding hydrogens is 241 g/mol. The first-order chi connectivity index (χ1) is 2.91. The number of rotatable bonds is 2. The summed E-state index contributed by atoms with van der Waals surface area (Å²) in [5.41, 5.74) is 0. The minimum atomic E-state index is 1.31. The molecule has 1 heteroatoms. The molecular formula is C5H6Ta. The van der Waals surface area contributed by atoms with Crippen molar-refractivity contribution in [2.75, 3.05) is 0 Å². The Kier molecular flexibility index (Phi) is 5.17. The molecule has 0 aromatic rings. The van der Waals surface area contributed by atoms with E-state index in [-0.39, 0.29) is 0 Å². The van der Waals surface area contributed by atoms with Gasteiger partial charge in [-0.25, -0.2) is 0 Å². The Morgan fingerprint density at radius 1 is 1.33 bits per heavy atom. The van der Waals surface area contributed by atoms with Gasteiger partial charge in [0.15, 0.2) is 0 Å². The van der Waals surface area contributed by atoms with Crippen molar-refractivity contribution in [1.29, 1.82) is 0 Å². The Balaban J connectivity index is 3.17. The van der Waals surface area contributed by atoms with E-state index in [1.807, 2.05) is 12.2 Å². The molecule has 0 aliphatic carbocycles. The van der Waals surface area contributed by atoms with E-state index in [1.54, 1.807) is 6.08 Å². The molecule has 0 aromatic carbocycles. The average molecular weight is 247 g/mol. The molecule has 0 aliphatic heterocycles. The normalized spacial score (nSPS) is 8.50. The Morgan fingerprint density at radius 3 is 2.17 bits per heavy atom. The van der Waals surface area contributed by atoms with Crippen LogP contribution in [0.15, 0.2) is 24.8 Å². The van der Waals surface area contributed by atoms with Crippen molar-refractivity contribution in [3.8, 4) is 0 Å². The molecule has 6 heavy (non-hydrogen) atoms. The zero-order valence-corrected chi connectivity index (χ0v) is 6.68. The summed E-state index contributed by atoms with van der Waals surface area (Å²) in [4.78, 5) is 0. The van der Waals surface area contributed by atoms with Crippen molar-refractivity contribution >= 4 is 4.23 Å². The van der Waals surface area contributed by atoms with Gasteiger partial charge in [0, 0.05) is 0 Å². The first-order valence-electron chi connectivity index (χ1n) is 1.67. The minimum absolute atomic E-state index is 1.31. The monoisotopic (exact) mass is 247 g/mol. The van der Waals surface area contributed by atoms with Crippen molar-refractivity contribution < 1.29 is 20.6 Å². The van der Waals surface area contributed by atoms with Gasteiger partial charge in [-0.3, -0.25) is 0 Å². The van der Waals surface area contributed by atoms with Crippen LogP contribution in [0.4, 0.5) is 0 Å². The molecule has 0 bridgehead atoms. The summed E-state index contributed by atoms with van der Waals surface area (Å²) in [6.45, 7) is 3.50. The maximum absolute atomic E-state index is 3.50. The molecule has 0 heterocycles. The van der Waals surface area contributed by atoms with E-state index >= 15 is 0 Å². The van der Waals surface area contributed by atoms with E-state index < -0.39 is 0 Å². The van der Waals surface area contributed by atoms with Crippen molar-refractivity contribution in [2.24, 2.45) is 0 Å². The van der Waals surface area contributed by atoms with Crippen LogP contribution in [0.2, 0.25) is 0 Å². The van der Waals surface area contributed by atoms with E-state index in [4.69, 9.17) is 0 Å². The maximum atomic E-state index is 3.50. The predicted octanol–water partition coefficient (Wildman–Crippen LogP) is 1.08. The molecule has 0 N–H and O–H groups in total. The van der Waals surface area contributed by atoms with Gasteiger partial charge in [-0.1, -0.05) is 0 Å². The molecule has 0 aliphatic rings. The van der Waals surface area contributed by atoms with E-state index in [9.17, 15) is 0 Å². The Morgan fingerprint density at radius 2 is 2.00 bits per heavy atom. The van der Waals surface area contributed by atoms with Gasteiger partial charge in [0.1, 0.15) is 0 Å². The molecule has 0 rings (SSSR count). The standard InChI is InChI=1S/C5H6.Ta/c1-3-5-4-2;/h1,3-5H,2H2;/b5-3-;. The van der Waals surface area contributed by atoms with Gasteiger partial charge >= 0.3 is 49.6 Å². The quantitative estimate of drug-likeness (QED) is 0.640. The van der Waals surface area contributed by atoms with Gasteiger partial charge < -0.3 is 0 Å². The third-order valence-electron chi connectivity index (χ3n) is 0.333. The van der Waals surface area contributed by atoms with Gasteiger partial charge in [-0.15, -0.1) is 0 Å². The first-order valence-corrected chi connectivity index (χ1v) is 3.52. The summed E-state index contributed by atoms with van der Waals surface area (Å²) in [6, 6.07) is 0. The van der Waals surface area contributed by atoms with Crippen LogP contribution in [-0.2, 0) is 20.6 Å². The zero-order valence-electron chi connectivity index (χ0n) is 3.46. The Labute approximate surface area is 50.0 Å². The van der Waals surface area contributed by atoms with Crippen LogP contribution in [0.3, 0.4) is 0 Å². The van der Waals surface area contributed by atoms with E-state index in [0.29, 0.717) is 0 Å². The average Bonchev–Trinajstić information content (AvgIpc) is 1.61. The molecule has 0 saturated carbocycles. The second-order valence-electron chi connectivity index (χ2n) is 0.770. The summed E-state index contributed by atoms with van der Waals surface area (Å²) in [5.74, 6) is 0. The van der Waals surface area contributed by atoms with Gasteiger partial charge in [0.25, 0.3) is 0 Å². The molecule has 0 aromatic heterocycles. The van der Waals surface area contributed by atoms with E-state index in [0.717, 1.165) is 0 Å². The fourth-order valence-electron chi connectivity index (χ4n) is 0.128. The van der Waals surface area contributed by atoms with Crippen LogP contribution in [0, 0.1) is 0 Å². The summed E-state index contributed by atoms with van der Waals surface area (Å²) >= 11 is 1.31. The third-order valence-corrected chi connectivity index (χ3v) is 0.952. The van der Waals surface area contributed by atoms with Crippen molar-refractivity contribution in [2.45, 2.75) is 0 Å². The molecule has 0 atom stereocenters. The van der Waals surface area contributed by atoms with Gasteiger partial charge in [-0.2, -0.15) is 0 Å². The van der Waals surface area contributed by atoms with E-state index in [2.05, 4.69) is 10.8 Å². The number of hydrogen-bond acceptors (Lipinski definition) is 0. The van der Waals surface area contributed by atoms with Crippen LogP contribution in [-0.4, -0.2) is 4.23 Å². The van der Waals surface area contributed by atoms with Crippen LogP contribution < -0.4 is 0 Å². The molecule has 0 fully saturated rings. The molecule has 31 valence electrons. The molecule has 0 radical (unpaired) electrons. The Hall–Kier alpha value is 0.0903. The van der Waals surface area contributed by atoms with Crippen LogP contribution in [0.1, 0.15) is 0 Å². The zero-order chi connectivity index (χ0) is 4.83. The summed E-state index contributed by atoms with van der Waals surface area (Å²) in [6.07, 6.45) is 5.67. The van der Waals surface area contributed by atoms with E-state index in [1.165, 1.54) is 20.6 Å². The molecule has 0 nitrogen and oxygen atoms in total. The molecule has 0 spiro atoms. The van der Waals surface area contributed by atoms with Crippen molar-refractivity contribution in [3.63, 3.8) is 0 Å². The van der Waals surface area contributed by atoms with Crippen LogP contribution >= 0.6 is 0 Å². The second kappa shape index (κ2) is 5.09. The van der Waals surface area contributed by atoms with Crippen LogP contribution in [0.25, 0.3) is 0 Å². The first kappa shape index (κ1) is 6.09. The molecule has 0 amide bonds. The third kappa shape index (κ3) is 4.09. The second-order valence-corrected chi connectivity index (χ2v) is 1.84. The van der Waals surface area contributed by atoms with Gasteiger partial charge in [0.05, 0.1) is 0 Å². The summed E-state index contributed by atoms with van der Waals surface area (Å²) in [5, 5.41) is 0. The summed E-state index contributed by atoms with van der Waals surface area (Å²) < 4.78 is 2.07. The van der Waals surface area contributed by atoms with Crippen molar-refractivity contribution in [3.05, 3.63) is 24.8 Å². The van der Waals surface area contributed by atoms with Crippen LogP contribution in [0.5, 0.6) is 0 Å². The molecule has 0 unspecified atom stereocenters. The fraction of sp³-hybridized carbons (Fsp3) is 0. The van der Waals surface area contributed by atoms with Gasteiger partial charge in [-0.05, 0) is 0 Å². The predicted molar refractivity (Wildman–Crippen MR) is 25.4 cm³/mol. The van der Waals surface area contributed by atoms with Crippen molar-refractivity contribution in [1.82, 2.24) is 0 Å². The number of allylic oxidation sites excluding steroid dienone is 3. The number of hydrogen-bond donors (Lipinski definition) is 0. The molecule has 0 saturated heterocycles. The SMILES string of the molecule is C=C/C=C\[CH]=[Ta]. The topological polar surface area (TPSA) is 0 Å². The Bertz CT molecular complexity index is 62.0. The summed E-state index contributed by atoms with van der Waals surface area (Å²) in [7, 11) is 0. The fourth-order valence-corrected chi connectivity index (χ4v) is 0.485.